The fraction of sp³-hybridized carbons (Fsp3) is 0.250. The van der Waals surface area contributed by atoms with Gasteiger partial charge in [-0.2, -0.15) is 0 Å². The van der Waals surface area contributed by atoms with Gasteiger partial charge in [-0.1, -0.05) is 12.1 Å². The molecule has 1 amide bonds. The third-order valence-electron chi connectivity index (χ3n) is 4.35. The highest BCUT2D eigenvalue weighted by Crippen LogP contribution is 2.28. The molecule has 1 N–H and O–H groups in total. The molecule has 8 heteroatoms. The van der Waals surface area contributed by atoms with Gasteiger partial charge in [0.15, 0.2) is 5.58 Å². The number of nitrogens with one attached hydrogen (secondary N) is 1. The summed E-state index contributed by atoms with van der Waals surface area (Å²) < 4.78 is 6.78. The van der Waals surface area contributed by atoms with E-state index >= 15 is 0 Å². The molecule has 0 radical (unpaired) electrons. The molecule has 0 aliphatic heterocycles. The monoisotopic (exact) mass is 413 g/mol. The van der Waals surface area contributed by atoms with Crippen molar-refractivity contribution in [3.63, 3.8) is 0 Å². The molecule has 0 fully saturated rings. The highest BCUT2D eigenvalue weighted by Gasteiger charge is 2.10. The Morgan fingerprint density at radius 1 is 1.25 bits per heavy atom. The van der Waals surface area contributed by atoms with Gasteiger partial charge in [-0.15, -0.1) is 22.7 Å². The van der Waals surface area contributed by atoms with E-state index in [9.17, 15) is 9.59 Å². The maximum Gasteiger partial charge on any atom is 0.419 e. The van der Waals surface area contributed by atoms with Crippen LogP contribution in [-0.2, 0) is 17.9 Å². The minimum absolute atomic E-state index is 0.0275. The summed E-state index contributed by atoms with van der Waals surface area (Å²) in [6.45, 7) is 2.94. The van der Waals surface area contributed by atoms with E-state index in [1.807, 2.05) is 42.6 Å². The van der Waals surface area contributed by atoms with E-state index in [4.69, 9.17) is 4.42 Å². The molecule has 0 saturated heterocycles. The zero-order valence-corrected chi connectivity index (χ0v) is 16.9. The molecule has 0 saturated carbocycles. The fourth-order valence-electron chi connectivity index (χ4n) is 2.98. The minimum atomic E-state index is -0.384. The number of fused-ring (bicyclic) bond motifs is 1. The molecule has 0 atom stereocenters. The normalized spacial score (nSPS) is 11.2. The zero-order valence-electron chi connectivity index (χ0n) is 15.3. The standard InChI is InChI=1S/C20H19N3O3S2/c1-13-22-15(12-27-13)18-9-8-14(28-18)11-21-19(24)7-4-10-23-16-5-2-3-6-17(16)26-20(23)25/h2-3,5-6,8-9,12H,4,7,10-11H2,1H3,(H,21,24). The van der Waals surface area contributed by atoms with Crippen molar-refractivity contribution in [3.05, 3.63) is 62.2 Å². The molecule has 4 rings (SSSR count). The van der Waals surface area contributed by atoms with Crippen molar-refractivity contribution in [3.8, 4) is 10.6 Å². The van der Waals surface area contributed by atoms with Crippen LogP contribution in [0, 0.1) is 6.92 Å². The summed E-state index contributed by atoms with van der Waals surface area (Å²) in [4.78, 5) is 30.8. The maximum absolute atomic E-state index is 12.1. The molecule has 0 spiro atoms. The lowest BCUT2D eigenvalue weighted by Gasteiger charge is -2.04. The smallest absolute Gasteiger partial charge is 0.408 e. The first-order chi connectivity index (χ1) is 13.6. The third kappa shape index (κ3) is 4.07. The summed E-state index contributed by atoms with van der Waals surface area (Å²) in [7, 11) is 0. The molecule has 4 aromatic rings. The predicted octanol–water partition coefficient (Wildman–Crippen LogP) is 4.18. The van der Waals surface area contributed by atoms with Gasteiger partial charge in [0.1, 0.15) is 0 Å². The fourth-order valence-corrected chi connectivity index (χ4v) is 4.58. The van der Waals surface area contributed by atoms with Crippen molar-refractivity contribution < 1.29 is 9.21 Å². The molecular weight excluding hydrogens is 394 g/mol. The average Bonchev–Trinajstić information content (AvgIpc) is 3.39. The lowest BCUT2D eigenvalue weighted by atomic mass is 10.2. The molecule has 1 aromatic carbocycles. The second-order valence-electron chi connectivity index (χ2n) is 6.39. The van der Waals surface area contributed by atoms with E-state index in [1.54, 1.807) is 33.3 Å². The van der Waals surface area contributed by atoms with Crippen LogP contribution in [0.3, 0.4) is 0 Å². The molecule has 144 valence electrons. The van der Waals surface area contributed by atoms with Gasteiger partial charge in [0.05, 0.1) is 27.6 Å². The molecule has 0 aliphatic rings. The van der Waals surface area contributed by atoms with Crippen LogP contribution in [0.25, 0.3) is 21.7 Å². The first-order valence-electron chi connectivity index (χ1n) is 8.96. The molecular formula is C20H19N3O3S2. The second-order valence-corrected chi connectivity index (χ2v) is 8.62. The van der Waals surface area contributed by atoms with E-state index in [1.165, 1.54) is 0 Å². The zero-order chi connectivity index (χ0) is 19.5. The number of para-hydroxylation sites is 2. The quantitative estimate of drug-likeness (QED) is 0.493. The predicted molar refractivity (Wildman–Crippen MR) is 112 cm³/mol. The van der Waals surface area contributed by atoms with Crippen LogP contribution in [0.5, 0.6) is 0 Å². The molecule has 0 bridgehead atoms. The van der Waals surface area contributed by atoms with Crippen molar-refractivity contribution in [2.24, 2.45) is 0 Å². The lowest BCUT2D eigenvalue weighted by molar-refractivity contribution is -0.121. The Morgan fingerprint density at radius 3 is 2.93 bits per heavy atom. The van der Waals surface area contributed by atoms with Crippen molar-refractivity contribution in [2.75, 3.05) is 0 Å². The van der Waals surface area contributed by atoms with Crippen LogP contribution in [0.4, 0.5) is 0 Å². The number of thiazole rings is 1. The summed E-state index contributed by atoms with van der Waals surface area (Å²) in [6.07, 6.45) is 0.929. The van der Waals surface area contributed by atoms with Gasteiger partial charge in [0.25, 0.3) is 0 Å². The second kappa shape index (κ2) is 8.12. The van der Waals surface area contributed by atoms with E-state index in [-0.39, 0.29) is 11.7 Å². The number of hydrogen-bond acceptors (Lipinski definition) is 6. The Hall–Kier alpha value is -2.71. The summed E-state index contributed by atoms with van der Waals surface area (Å²) in [5.74, 6) is -0.412. The van der Waals surface area contributed by atoms with Crippen molar-refractivity contribution >= 4 is 39.7 Å². The summed E-state index contributed by atoms with van der Waals surface area (Å²) in [5, 5.41) is 6.03. The van der Waals surface area contributed by atoms with E-state index < -0.39 is 0 Å². The van der Waals surface area contributed by atoms with Crippen molar-refractivity contribution in [1.82, 2.24) is 14.9 Å². The highest BCUT2D eigenvalue weighted by atomic mass is 32.1. The van der Waals surface area contributed by atoms with Crippen LogP contribution in [0.15, 0.2) is 51.0 Å². The van der Waals surface area contributed by atoms with Crippen molar-refractivity contribution in [1.29, 1.82) is 0 Å². The molecule has 0 unspecified atom stereocenters. The number of amides is 1. The Labute approximate surface area is 169 Å². The van der Waals surface area contributed by atoms with Gasteiger partial charge >= 0.3 is 5.76 Å². The van der Waals surface area contributed by atoms with Gasteiger partial charge in [0, 0.05) is 23.2 Å². The lowest BCUT2D eigenvalue weighted by Crippen LogP contribution is -2.23. The van der Waals surface area contributed by atoms with Crippen molar-refractivity contribution in [2.45, 2.75) is 32.9 Å². The van der Waals surface area contributed by atoms with E-state index in [0.29, 0.717) is 31.5 Å². The number of aromatic nitrogens is 2. The van der Waals surface area contributed by atoms with E-state index in [0.717, 1.165) is 26.0 Å². The first kappa shape index (κ1) is 18.6. The summed E-state index contributed by atoms with van der Waals surface area (Å²) in [5.41, 5.74) is 2.32. The van der Waals surface area contributed by atoms with Gasteiger partial charge in [-0.25, -0.2) is 9.78 Å². The number of nitrogens with zero attached hydrogens (tertiary/aromatic N) is 2. The summed E-state index contributed by atoms with van der Waals surface area (Å²) >= 11 is 3.27. The van der Waals surface area contributed by atoms with Crippen LogP contribution < -0.4 is 11.1 Å². The number of oxazole rings is 1. The Kier molecular flexibility index (Phi) is 5.40. The topological polar surface area (TPSA) is 77.1 Å². The number of benzene rings is 1. The maximum atomic E-state index is 12.1. The van der Waals surface area contributed by atoms with Crippen LogP contribution >= 0.6 is 22.7 Å². The van der Waals surface area contributed by atoms with E-state index in [2.05, 4.69) is 10.3 Å². The first-order valence-corrected chi connectivity index (χ1v) is 10.7. The molecule has 28 heavy (non-hydrogen) atoms. The third-order valence-corrected chi connectivity index (χ3v) is 6.23. The van der Waals surface area contributed by atoms with Crippen LogP contribution in [-0.4, -0.2) is 15.5 Å². The Balaban J connectivity index is 1.28. The SMILES string of the molecule is Cc1nc(-c2ccc(CNC(=O)CCCn3c(=O)oc4ccccc43)s2)cs1. The molecule has 3 aromatic heterocycles. The van der Waals surface area contributed by atoms with Gasteiger partial charge in [0.2, 0.25) is 5.91 Å². The number of carbonyl (C=O) groups is 1. The van der Waals surface area contributed by atoms with Gasteiger partial charge < -0.3 is 9.73 Å². The Bertz CT molecular complexity index is 1170. The number of hydrogen-bond donors (Lipinski definition) is 1. The molecule has 6 nitrogen and oxygen atoms in total. The highest BCUT2D eigenvalue weighted by molar-refractivity contribution is 7.16. The summed E-state index contributed by atoms with van der Waals surface area (Å²) in [6, 6.07) is 11.4. The number of carbonyl (C=O) groups excluding carboxylic acids is 1. The Morgan fingerprint density at radius 2 is 2.11 bits per heavy atom. The van der Waals surface area contributed by atoms with Gasteiger partial charge in [-0.05, 0) is 37.6 Å². The molecule has 3 heterocycles. The number of rotatable bonds is 7. The average molecular weight is 414 g/mol. The van der Waals surface area contributed by atoms with Gasteiger partial charge in [-0.3, -0.25) is 9.36 Å². The minimum Gasteiger partial charge on any atom is -0.408 e. The van der Waals surface area contributed by atoms with Crippen LogP contribution in [0.2, 0.25) is 0 Å². The number of thiophene rings is 1. The largest absolute Gasteiger partial charge is 0.419 e. The number of aryl methyl sites for hydroxylation is 2. The van der Waals surface area contributed by atoms with Crippen LogP contribution in [0.1, 0.15) is 22.7 Å². The molecule has 0 aliphatic carbocycles.